The second-order valence-corrected chi connectivity index (χ2v) is 6.59. The summed E-state index contributed by atoms with van der Waals surface area (Å²) in [6.07, 6.45) is -0.621. The van der Waals surface area contributed by atoms with Crippen molar-refractivity contribution in [3.8, 4) is 17.2 Å². The molecule has 0 aliphatic rings. The van der Waals surface area contributed by atoms with Crippen LogP contribution in [0.25, 0.3) is 11.5 Å². The maximum Gasteiger partial charge on any atom is 0.410 e. The molecule has 1 amide bonds. The molecule has 1 aromatic heterocycles. The molecule has 0 N–H and O–H groups in total. The molecule has 0 radical (unpaired) electrons. The predicted molar refractivity (Wildman–Crippen MR) is 110 cm³/mol. The highest BCUT2D eigenvalue weighted by molar-refractivity contribution is 5.78. The molecule has 0 bridgehead atoms. The molecule has 2 aromatic carbocycles. The first-order valence-corrected chi connectivity index (χ1v) is 9.54. The predicted octanol–water partition coefficient (Wildman–Crippen LogP) is 3.62. The van der Waals surface area contributed by atoms with Crippen LogP contribution in [0.1, 0.15) is 24.4 Å². The fraction of sp³-hybridized carbons (Fsp3) is 0.273. The van der Waals surface area contributed by atoms with E-state index in [9.17, 15) is 9.59 Å². The van der Waals surface area contributed by atoms with Crippen LogP contribution in [-0.2, 0) is 20.9 Å². The molecule has 0 aliphatic heterocycles. The van der Waals surface area contributed by atoms with Gasteiger partial charge in [-0.1, -0.05) is 35.5 Å². The number of hydrogen-bond acceptors (Lipinski definition) is 8. The Morgan fingerprint density at radius 3 is 2.39 bits per heavy atom. The van der Waals surface area contributed by atoms with Gasteiger partial charge < -0.3 is 18.7 Å². The number of methoxy groups -OCH3 is 2. The van der Waals surface area contributed by atoms with E-state index in [0.717, 1.165) is 11.1 Å². The molecule has 0 aliphatic carbocycles. The molecule has 1 heterocycles. The lowest BCUT2D eigenvalue weighted by Gasteiger charge is -2.27. The molecule has 3 aromatic rings. The van der Waals surface area contributed by atoms with E-state index in [-0.39, 0.29) is 13.2 Å². The summed E-state index contributed by atoms with van der Waals surface area (Å²) in [6.45, 7) is 1.71. The van der Waals surface area contributed by atoms with E-state index in [1.54, 1.807) is 31.2 Å². The number of ether oxygens (including phenoxy) is 3. The molecule has 0 spiro atoms. The number of nitrogens with zero attached hydrogens (tertiary/aromatic N) is 3. The number of carbonyl (C=O) groups is 2. The zero-order valence-electron chi connectivity index (χ0n) is 17.5. The summed E-state index contributed by atoms with van der Waals surface area (Å²) < 4.78 is 20.4. The normalized spacial score (nSPS) is 11.5. The third-order valence-corrected chi connectivity index (χ3v) is 4.62. The van der Waals surface area contributed by atoms with E-state index in [1.165, 1.54) is 19.1 Å². The number of benzene rings is 2. The molecule has 162 valence electrons. The maximum atomic E-state index is 12.1. The number of aromatic nitrogens is 2. The quantitative estimate of drug-likeness (QED) is 0.504. The SMILES string of the molecule is COC(=O)CN(C(=O)OC)[C@@H](C)c1ccc(OCc2noc(-c3ccccc3)n2)cc1. The van der Waals surface area contributed by atoms with Gasteiger partial charge in [-0.2, -0.15) is 4.98 Å². The standard InChI is InChI=1S/C22H23N3O6/c1-15(25(22(27)29-3)13-20(26)28-2)16-9-11-18(12-10-16)30-14-19-23-21(31-24-19)17-7-5-4-6-8-17/h4-12,15H,13-14H2,1-3H3/t15-/m0/s1. The van der Waals surface area contributed by atoms with Crippen LogP contribution in [0.5, 0.6) is 5.75 Å². The third kappa shape index (κ3) is 5.59. The van der Waals surface area contributed by atoms with Crippen molar-refractivity contribution in [1.82, 2.24) is 15.0 Å². The molecule has 9 nitrogen and oxygen atoms in total. The third-order valence-electron chi connectivity index (χ3n) is 4.62. The van der Waals surface area contributed by atoms with E-state index in [1.807, 2.05) is 30.3 Å². The molecule has 0 saturated carbocycles. The van der Waals surface area contributed by atoms with Crippen LogP contribution in [-0.4, -0.2) is 47.9 Å². The van der Waals surface area contributed by atoms with Crippen LogP contribution >= 0.6 is 0 Å². The average Bonchev–Trinajstić information content (AvgIpc) is 3.30. The molecule has 0 unspecified atom stereocenters. The van der Waals surface area contributed by atoms with Crippen molar-refractivity contribution in [2.24, 2.45) is 0 Å². The maximum absolute atomic E-state index is 12.1. The van der Waals surface area contributed by atoms with Crippen LogP contribution in [0.2, 0.25) is 0 Å². The van der Waals surface area contributed by atoms with Crippen molar-refractivity contribution >= 4 is 12.1 Å². The lowest BCUT2D eigenvalue weighted by Crippen LogP contribution is -2.38. The van der Waals surface area contributed by atoms with Crippen molar-refractivity contribution in [3.63, 3.8) is 0 Å². The highest BCUT2D eigenvalue weighted by Gasteiger charge is 2.25. The van der Waals surface area contributed by atoms with Gasteiger partial charge in [0, 0.05) is 5.56 Å². The molecule has 1 atom stereocenters. The van der Waals surface area contributed by atoms with Gasteiger partial charge >= 0.3 is 12.1 Å². The summed E-state index contributed by atoms with van der Waals surface area (Å²) in [5.41, 5.74) is 1.63. The average molecular weight is 425 g/mol. The Hall–Kier alpha value is -3.88. The zero-order valence-corrected chi connectivity index (χ0v) is 17.5. The van der Waals surface area contributed by atoms with E-state index in [4.69, 9.17) is 14.0 Å². The number of rotatable bonds is 8. The van der Waals surface area contributed by atoms with Gasteiger partial charge in [0.25, 0.3) is 5.89 Å². The van der Waals surface area contributed by atoms with Crippen LogP contribution < -0.4 is 4.74 Å². The van der Waals surface area contributed by atoms with E-state index < -0.39 is 18.1 Å². The van der Waals surface area contributed by atoms with E-state index >= 15 is 0 Å². The van der Waals surface area contributed by atoms with Crippen LogP contribution in [0.15, 0.2) is 59.1 Å². The van der Waals surface area contributed by atoms with Gasteiger partial charge in [0.05, 0.1) is 20.3 Å². The molecule has 0 saturated heterocycles. The monoisotopic (exact) mass is 425 g/mol. The molecule has 3 rings (SSSR count). The van der Waals surface area contributed by atoms with Gasteiger partial charge in [0.2, 0.25) is 5.82 Å². The van der Waals surface area contributed by atoms with Gasteiger partial charge in [-0.05, 0) is 36.8 Å². The fourth-order valence-corrected chi connectivity index (χ4v) is 2.86. The van der Waals surface area contributed by atoms with Gasteiger partial charge in [-0.3, -0.25) is 9.69 Å². The fourth-order valence-electron chi connectivity index (χ4n) is 2.86. The minimum atomic E-state index is -0.621. The van der Waals surface area contributed by atoms with Crippen molar-refractivity contribution in [1.29, 1.82) is 0 Å². The lowest BCUT2D eigenvalue weighted by atomic mass is 10.1. The van der Waals surface area contributed by atoms with Crippen LogP contribution in [0.4, 0.5) is 4.79 Å². The smallest absolute Gasteiger partial charge is 0.410 e. The Morgan fingerprint density at radius 2 is 1.74 bits per heavy atom. The van der Waals surface area contributed by atoms with Gasteiger partial charge in [0.15, 0.2) is 6.61 Å². The number of hydrogen-bond donors (Lipinski definition) is 0. The minimum Gasteiger partial charge on any atom is -0.485 e. The molecular formula is C22H23N3O6. The topological polar surface area (TPSA) is 104 Å². The Morgan fingerprint density at radius 1 is 1.03 bits per heavy atom. The zero-order chi connectivity index (χ0) is 22.2. The summed E-state index contributed by atoms with van der Waals surface area (Å²) in [7, 11) is 2.53. The number of amides is 1. The first-order valence-electron chi connectivity index (χ1n) is 9.54. The molecule has 9 heteroatoms. The highest BCUT2D eigenvalue weighted by Crippen LogP contribution is 2.24. The largest absolute Gasteiger partial charge is 0.485 e. The number of carbonyl (C=O) groups excluding carboxylic acids is 2. The minimum absolute atomic E-state index is 0.141. The summed E-state index contributed by atoms with van der Waals surface area (Å²) in [5.74, 6) is 0.912. The Labute approximate surface area is 179 Å². The molecule has 0 fully saturated rings. The van der Waals surface area contributed by atoms with E-state index in [2.05, 4.69) is 14.9 Å². The highest BCUT2D eigenvalue weighted by atomic mass is 16.5. The first-order chi connectivity index (χ1) is 15.0. The second-order valence-electron chi connectivity index (χ2n) is 6.59. The van der Waals surface area contributed by atoms with Crippen molar-refractivity contribution in [2.75, 3.05) is 20.8 Å². The second kappa shape index (κ2) is 10.2. The van der Waals surface area contributed by atoms with Gasteiger partial charge in [0.1, 0.15) is 12.3 Å². The summed E-state index contributed by atoms with van der Waals surface area (Å²) >= 11 is 0. The van der Waals surface area contributed by atoms with Crippen LogP contribution in [0, 0.1) is 0 Å². The molecular weight excluding hydrogens is 402 g/mol. The van der Waals surface area contributed by atoms with E-state index in [0.29, 0.717) is 17.5 Å². The summed E-state index contributed by atoms with van der Waals surface area (Å²) in [5, 5.41) is 3.93. The van der Waals surface area contributed by atoms with Gasteiger partial charge in [-0.15, -0.1) is 0 Å². The summed E-state index contributed by atoms with van der Waals surface area (Å²) in [6, 6.07) is 16.2. The van der Waals surface area contributed by atoms with Crippen molar-refractivity contribution in [2.45, 2.75) is 19.6 Å². The Kier molecular flexibility index (Phi) is 7.21. The molecule has 31 heavy (non-hydrogen) atoms. The van der Waals surface area contributed by atoms with Crippen LogP contribution in [0.3, 0.4) is 0 Å². The van der Waals surface area contributed by atoms with Gasteiger partial charge in [-0.25, -0.2) is 4.79 Å². The first kappa shape index (κ1) is 21.8. The van der Waals surface area contributed by atoms with Crippen molar-refractivity contribution in [3.05, 3.63) is 66.0 Å². The summed E-state index contributed by atoms with van der Waals surface area (Å²) in [4.78, 5) is 29.3. The van der Waals surface area contributed by atoms with Crippen molar-refractivity contribution < 1.29 is 28.3 Å². The Bertz CT molecular complexity index is 1000. The number of esters is 1. The Balaban J connectivity index is 1.62. The lowest BCUT2D eigenvalue weighted by molar-refractivity contribution is -0.142.